The number of nitrogen functional groups attached to an aromatic ring is 1. The fourth-order valence-electron chi connectivity index (χ4n) is 0.701. The lowest BCUT2D eigenvalue weighted by Crippen LogP contribution is -1.89. The average Bonchev–Trinajstić information content (AvgIpc) is 1.97. The van der Waals surface area contributed by atoms with Crippen molar-refractivity contribution >= 4 is 41.3 Å². The second-order valence-corrected chi connectivity index (χ2v) is 2.82. The van der Waals surface area contributed by atoms with E-state index in [0.717, 1.165) is 0 Å². The van der Waals surface area contributed by atoms with Crippen LogP contribution in [0.3, 0.4) is 0 Å². The molecule has 0 saturated carbocycles. The van der Waals surface area contributed by atoms with Crippen molar-refractivity contribution in [3.05, 3.63) is 22.2 Å². The molecule has 2 nitrogen and oxygen atoms in total. The second-order valence-electron chi connectivity index (χ2n) is 2.01. The highest BCUT2D eigenvalue weighted by molar-refractivity contribution is 6.37. The van der Waals surface area contributed by atoms with Crippen LogP contribution in [-0.2, 0) is 0 Å². The molecule has 5 heteroatoms. The predicted molar refractivity (Wildman–Crippen MR) is 54.7 cm³/mol. The summed E-state index contributed by atoms with van der Waals surface area (Å²) in [6.45, 7) is 0. The smallest absolute Gasteiger partial charge is 0.139 e. The Hall–Kier alpha value is -0.310. The molecule has 0 aliphatic heterocycles. The molecule has 68 valence electrons. The predicted octanol–water partition coefficient (Wildman–Crippen LogP) is 3.01. The van der Waals surface area contributed by atoms with E-state index in [-0.39, 0.29) is 12.4 Å². The number of ether oxygens (including phenoxy) is 1. The normalized spacial score (nSPS) is 8.92. The fourth-order valence-corrected chi connectivity index (χ4v) is 1.16. The minimum absolute atomic E-state index is 0. The van der Waals surface area contributed by atoms with Gasteiger partial charge in [0.1, 0.15) is 5.75 Å². The van der Waals surface area contributed by atoms with Gasteiger partial charge in [0.05, 0.1) is 22.8 Å². The molecular formula is C7H8Cl3NO. The van der Waals surface area contributed by atoms with Crippen LogP contribution in [0.25, 0.3) is 0 Å². The summed E-state index contributed by atoms with van der Waals surface area (Å²) in [5, 5.41) is 0.905. The number of halogens is 3. The first-order valence-electron chi connectivity index (χ1n) is 2.93. The SMILES string of the molecule is COc1cc(N)c(Cl)cc1Cl.Cl. The van der Waals surface area contributed by atoms with Crippen molar-refractivity contribution in [2.45, 2.75) is 0 Å². The maximum Gasteiger partial charge on any atom is 0.139 e. The number of hydrogen-bond acceptors (Lipinski definition) is 2. The molecule has 0 atom stereocenters. The third-order valence-electron chi connectivity index (χ3n) is 1.27. The first-order valence-corrected chi connectivity index (χ1v) is 3.69. The average molecular weight is 229 g/mol. The molecule has 0 bridgehead atoms. The summed E-state index contributed by atoms with van der Waals surface area (Å²) in [4.78, 5) is 0. The van der Waals surface area contributed by atoms with Gasteiger partial charge in [-0.05, 0) is 6.07 Å². The largest absolute Gasteiger partial charge is 0.495 e. The van der Waals surface area contributed by atoms with Gasteiger partial charge in [-0.25, -0.2) is 0 Å². The Balaban J connectivity index is 0.00000121. The van der Waals surface area contributed by atoms with Gasteiger partial charge < -0.3 is 10.5 Å². The minimum Gasteiger partial charge on any atom is -0.495 e. The van der Waals surface area contributed by atoms with Crippen LogP contribution in [-0.4, -0.2) is 7.11 Å². The van der Waals surface area contributed by atoms with E-state index in [1.165, 1.54) is 7.11 Å². The first-order chi connectivity index (χ1) is 5.15. The lowest BCUT2D eigenvalue weighted by molar-refractivity contribution is 0.415. The zero-order valence-electron chi connectivity index (χ0n) is 6.30. The van der Waals surface area contributed by atoms with Gasteiger partial charge in [-0.15, -0.1) is 12.4 Å². The summed E-state index contributed by atoms with van der Waals surface area (Å²) in [6.07, 6.45) is 0. The third kappa shape index (κ3) is 2.34. The van der Waals surface area contributed by atoms with Crippen LogP contribution in [0.1, 0.15) is 0 Å². The maximum atomic E-state index is 5.74. The number of nitrogens with two attached hydrogens (primary N) is 1. The molecule has 0 aliphatic carbocycles. The summed E-state index contributed by atoms with van der Waals surface area (Å²) in [5.74, 6) is 0.536. The Labute approximate surface area is 87.0 Å². The summed E-state index contributed by atoms with van der Waals surface area (Å²) in [6, 6.07) is 3.14. The van der Waals surface area contributed by atoms with Crippen molar-refractivity contribution in [3.8, 4) is 5.75 Å². The van der Waals surface area contributed by atoms with E-state index < -0.39 is 0 Å². The van der Waals surface area contributed by atoms with Gasteiger partial charge >= 0.3 is 0 Å². The van der Waals surface area contributed by atoms with Gasteiger partial charge in [0.15, 0.2) is 0 Å². The third-order valence-corrected chi connectivity index (χ3v) is 1.89. The molecule has 12 heavy (non-hydrogen) atoms. The lowest BCUT2D eigenvalue weighted by Gasteiger charge is -2.04. The monoisotopic (exact) mass is 227 g/mol. The van der Waals surface area contributed by atoms with Gasteiger partial charge in [-0.1, -0.05) is 23.2 Å². The number of rotatable bonds is 1. The van der Waals surface area contributed by atoms with Gasteiger partial charge in [-0.2, -0.15) is 0 Å². The summed E-state index contributed by atoms with van der Waals surface area (Å²) < 4.78 is 4.91. The second kappa shape index (κ2) is 4.65. The highest BCUT2D eigenvalue weighted by atomic mass is 35.5. The topological polar surface area (TPSA) is 35.2 Å². The van der Waals surface area contributed by atoms with E-state index in [2.05, 4.69) is 0 Å². The highest BCUT2D eigenvalue weighted by Crippen LogP contribution is 2.31. The summed E-state index contributed by atoms with van der Waals surface area (Å²) in [7, 11) is 1.52. The molecule has 0 unspecified atom stereocenters. The molecule has 2 N–H and O–H groups in total. The Morgan fingerprint density at radius 3 is 2.33 bits per heavy atom. The molecule has 0 spiro atoms. The van der Waals surface area contributed by atoms with E-state index in [1.807, 2.05) is 0 Å². The number of benzene rings is 1. The van der Waals surface area contributed by atoms with Crippen LogP contribution >= 0.6 is 35.6 Å². The summed E-state index contributed by atoms with van der Waals surface area (Å²) >= 11 is 11.4. The van der Waals surface area contributed by atoms with Gasteiger partial charge in [0, 0.05) is 6.07 Å². The van der Waals surface area contributed by atoms with Crippen LogP contribution in [0.4, 0.5) is 5.69 Å². The standard InChI is InChI=1S/C7H7Cl2NO.ClH/c1-11-7-3-6(10)4(8)2-5(7)9;/h2-3H,10H2,1H3;1H. The molecule has 1 aromatic carbocycles. The number of anilines is 1. The van der Waals surface area contributed by atoms with Crippen molar-refractivity contribution in [2.24, 2.45) is 0 Å². The number of hydrogen-bond donors (Lipinski definition) is 1. The molecule has 0 amide bonds. The minimum atomic E-state index is 0. The van der Waals surface area contributed by atoms with Crippen molar-refractivity contribution in [3.63, 3.8) is 0 Å². The molecule has 0 fully saturated rings. The Morgan fingerprint density at radius 2 is 1.83 bits per heavy atom. The van der Waals surface area contributed by atoms with Crippen LogP contribution in [0.2, 0.25) is 10.0 Å². The molecule has 0 heterocycles. The fraction of sp³-hybridized carbons (Fsp3) is 0.143. The van der Waals surface area contributed by atoms with E-state index in [0.29, 0.717) is 21.5 Å². The molecule has 0 saturated heterocycles. The van der Waals surface area contributed by atoms with Gasteiger partial charge in [0.2, 0.25) is 0 Å². The van der Waals surface area contributed by atoms with Gasteiger partial charge in [0.25, 0.3) is 0 Å². The van der Waals surface area contributed by atoms with Gasteiger partial charge in [-0.3, -0.25) is 0 Å². The van der Waals surface area contributed by atoms with E-state index >= 15 is 0 Å². The quantitative estimate of drug-likeness (QED) is 0.750. The Kier molecular flexibility index (Phi) is 4.53. The van der Waals surface area contributed by atoms with E-state index in [9.17, 15) is 0 Å². The maximum absolute atomic E-state index is 5.74. The zero-order valence-corrected chi connectivity index (χ0v) is 8.63. The van der Waals surface area contributed by atoms with E-state index in [1.54, 1.807) is 12.1 Å². The van der Waals surface area contributed by atoms with Crippen molar-refractivity contribution < 1.29 is 4.74 Å². The number of methoxy groups -OCH3 is 1. The summed E-state index contributed by atoms with van der Waals surface area (Å²) in [5.41, 5.74) is 5.96. The first kappa shape index (κ1) is 11.7. The lowest BCUT2D eigenvalue weighted by atomic mass is 10.3. The van der Waals surface area contributed by atoms with Crippen LogP contribution in [0, 0.1) is 0 Å². The molecule has 1 aromatic rings. The van der Waals surface area contributed by atoms with Crippen LogP contribution in [0.15, 0.2) is 12.1 Å². The highest BCUT2D eigenvalue weighted by Gasteiger charge is 2.03. The molecule has 0 radical (unpaired) electrons. The Morgan fingerprint density at radius 1 is 1.25 bits per heavy atom. The Bertz CT molecular complexity index is 278. The molecule has 1 rings (SSSR count). The molecule has 0 aromatic heterocycles. The van der Waals surface area contributed by atoms with Crippen molar-refractivity contribution in [2.75, 3.05) is 12.8 Å². The van der Waals surface area contributed by atoms with Crippen LogP contribution < -0.4 is 10.5 Å². The van der Waals surface area contributed by atoms with Crippen molar-refractivity contribution in [1.82, 2.24) is 0 Å². The molecule has 0 aliphatic rings. The molecular weight excluding hydrogens is 220 g/mol. The van der Waals surface area contributed by atoms with Crippen molar-refractivity contribution in [1.29, 1.82) is 0 Å². The zero-order chi connectivity index (χ0) is 8.43. The van der Waals surface area contributed by atoms with E-state index in [4.69, 9.17) is 33.7 Å². The van der Waals surface area contributed by atoms with Crippen LogP contribution in [0.5, 0.6) is 5.75 Å².